The van der Waals surface area contributed by atoms with E-state index in [1.54, 1.807) is 0 Å². The van der Waals surface area contributed by atoms with E-state index in [1.807, 2.05) is 0 Å². The molecule has 0 saturated carbocycles. The molecule has 4 nitrogen and oxygen atoms in total. The van der Waals surface area contributed by atoms with Crippen molar-refractivity contribution in [1.29, 1.82) is 0 Å². The Morgan fingerprint density at radius 3 is 1.53 bits per heavy atom. The molecule has 0 amide bonds. The predicted molar refractivity (Wildman–Crippen MR) is 72.2 cm³/mol. The van der Waals surface area contributed by atoms with Gasteiger partial charge in [-0.1, -0.05) is 0 Å². The smallest absolute Gasteiger partial charge is 0.0107 e. The molecule has 0 atom stereocenters. The maximum atomic E-state index is 3.39. The first-order chi connectivity index (χ1) is 8.45. The van der Waals surface area contributed by atoms with Gasteiger partial charge in [0, 0.05) is 52.4 Å². The molecule has 0 aromatic heterocycles. The van der Waals surface area contributed by atoms with Crippen LogP contribution in [0.4, 0.5) is 0 Å². The summed E-state index contributed by atoms with van der Waals surface area (Å²) in [6, 6.07) is 0. The second-order valence-electron chi connectivity index (χ2n) is 5.05. The summed E-state index contributed by atoms with van der Waals surface area (Å²) in [5.41, 5.74) is 0. The van der Waals surface area contributed by atoms with Gasteiger partial charge in [-0.15, -0.1) is 0 Å². The zero-order valence-electron chi connectivity index (χ0n) is 11.0. The molecule has 2 heterocycles. The summed E-state index contributed by atoms with van der Waals surface area (Å²) in [6.07, 6.45) is 4.99. The molecule has 0 unspecified atom stereocenters. The minimum absolute atomic E-state index is 1.17. The number of hydrogen-bond acceptors (Lipinski definition) is 4. The first kappa shape index (κ1) is 13.3. The molecule has 4 heteroatoms. The van der Waals surface area contributed by atoms with Crippen molar-refractivity contribution in [3.63, 3.8) is 0 Å². The van der Waals surface area contributed by atoms with Crippen molar-refractivity contribution in [2.75, 3.05) is 65.4 Å². The lowest BCUT2D eigenvalue weighted by atomic mass is 10.2. The van der Waals surface area contributed by atoms with Crippen LogP contribution in [0.25, 0.3) is 0 Å². The van der Waals surface area contributed by atoms with Crippen LogP contribution in [0.5, 0.6) is 0 Å². The molecule has 2 N–H and O–H groups in total. The Hall–Kier alpha value is -0.160. The molecule has 0 aromatic rings. The van der Waals surface area contributed by atoms with Crippen molar-refractivity contribution in [3.8, 4) is 0 Å². The normalized spacial score (nSPS) is 24.0. The van der Waals surface area contributed by atoms with Crippen LogP contribution in [0.1, 0.15) is 12.8 Å². The van der Waals surface area contributed by atoms with Crippen LogP contribution >= 0.6 is 0 Å². The number of unbranched alkanes of at least 4 members (excludes halogenated alkanes) is 2. The van der Waals surface area contributed by atoms with E-state index >= 15 is 0 Å². The molecule has 2 fully saturated rings. The van der Waals surface area contributed by atoms with E-state index in [4.69, 9.17) is 0 Å². The van der Waals surface area contributed by atoms with Crippen LogP contribution in [0.3, 0.4) is 0 Å². The summed E-state index contributed by atoms with van der Waals surface area (Å²) in [7, 11) is 0. The zero-order valence-corrected chi connectivity index (χ0v) is 11.0. The molecule has 17 heavy (non-hydrogen) atoms. The number of rotatable bonds is 6. The van der Waals surface area contributed by atoms with Gasteiger partial charge in [0.1, 0.15) is 0 Å². The molecule has 0 aromatic carbocycles. The van der Waals surface area contributed by atoms with E-state index in [9.17, 15) is 0 Å². The van der Waals surface area contributed by atoms with Crippen molar-refractivity contribution in [3.05, 3.63) is 6.42 Å². The topological polar surface area (TPSA) is 30.5 Å². The molecule has 1 radical (unpaired) electrons. The molecule has 0 aliphatic carbocycles. The van der Waals surface area contributed by atoms with E-state index in [-0.39, 0.29) is 0 Å². The fourth-order valence-electron chi connectivity index (χ4n) is 2.56. The summed E-state index contributed by atoms with van der Waals surface area (Å²) < 4.78 is 0. The van der Waals surface area contributed by atoms with Gasteiger partial charge in [-0.3, -0.25) is 0 Å². The van der Waals surface area contributed by atoms with Crippen LogP contribution in [0, 0.1) is 6.42 Å². The predicted octanol–water partition coefficient (Wildman–Crippen LogP) is -0.219. The van der Waals surface area contributed by atoms with Crippen molar-refractivity contribution < 1.29 is 0 Å². The second-order valence-corrected chi connectivity index (χ2v) is 5.05. The van der Waals surface area contributed by atoms with Gasteiger partial charge < -0.3 is 20.4 Å². The SMILES string of the molecule is [CH](CCN1CCNCC1)CCN1CCNCC1. The maximum absolute atomic E-state index is 3.39. The maximum Gasteiger partial charge on any atom is 0.0107 e. The number of nitrogens with zero attached hydrogens (tertiary/aromatic N) is 2. The van der Waals surface area contributed by atoms with Gasteiger partial charge in [-0.25, -0.2) is 0 Å². The fraction of sp³-hybridized carbons (Fsp3) is 0.923. The van der Waals surface area contributed by atoms with E-state index in [2.05, 4.69) is 26.9 Å². The summed E-state index contributed by atoms with van der Waals surface area (Å²) in [4.78, 5) is 5.13. The molecule has 99 valence electrons. The molecular weight excluding hydrogens is 212 g/mol. The van der Waals surface area contributed by atoms with Crippen molar-refractivity contribution in [1.82, 2.24) is 20.4 Å². The van der Waals surface area contributed by atoms with Gasteiger partial charge in [-0.2, -0.15) is 0 Å². The highest BCUT2D eigenvalue weighted by Gasteiger charge is 2.10. The van der Waals surface area contributed by atoms with Gasteiger partial charge in [0.25, 0.3) is 0 Å². The fourth-order valence-corrected chi connectivity index (χ4v) is 2.56. The highest BCUT2D eigenvalue weighted by molar-refractivity contribution is 4.75. The van der Waals surface area contributed by atoms with Crippen molar-refractivity contribution in [2.24, 2.45) is 0 Å². The molecule has 0 bridgehead atoms. The van der Waals surface area contributed by atoms with Gasteiger partial charge >= 0.3 is 0 Å². The average Bonchev–Trinajstić information content (AvgIpc) is 2.41. The second kappa shape index (κ2) is 8.03. The molecule has 2 saturated heterocycles. The van der Waals surface area contributed by atoms with Crippen molar-refractivity contribution >= 4 is 0 Å². The summed E-state index contributed by atoms with van der Waals surface area (Å²) >= 11 is 0. The number of nitrogens with one attached hydrogen (secondary N) is 2. The Kier molecular flexibility index (Phi) is 6.27. The minimum atomic E-state index is 1.17. The van der Waals surface area contributed by atoms with Gasteiger partial charge in [0.15, 0.2) is 0 Å². The summed E-state index contributed by atoms with van der Waals surface area (Å²) in [6.45, 7) is 12.1. The van der Waals surface area contributed by atoms with Crippen LogP contribution in [-0.2, 0) is 0 Å². The molecule has 2 aliphatic rings. The number of piperazine rings is 2. The first-order valence-corrected chi connectivity index (χ1v) is 7.13. The van der Waals surface area contributed by atoms with E-state index < -0.39 is 0 Å². The van der Waals surface area contributed by atoms with Crippen LogP contribution < -0.4 is 10.6 Å². The molecule has 2 rings (SSSR count). The summed E-state index contributed by atoms with van der Waals surface area (Å²) in [5, 5.41) is 6.79. The zero-order chi connectivity index (χ0) is 11.8. The van der Waals surface area contributed by atoms with Crippen LogP contribution in [0.2, 0.25) is 0 Å². The Morgan fingerprint density at radius 1 is 0.706 bits per heavy atom. The third-order valence-electron chi connectivity index (χ3n) is 3.72. The largest absolute Gasteiger partial charge is 0.314 e. The minimum Gasteiger partial charge on any atom is -0.314 e. The molecular formula is C13H27N4. The Balaban J connectivity index is 1.42. The lowest BCUT2D eigenvalue weighted by Gasteiger charge is -2.28. The van der Waals surface area contributed by atoms with Gasteiger partial charge in [0.2, 0.25) is 0 Å². The Morgan fingerprint density at radius 2 is 1.12 bits per heavy atom. The third kappa shape index (κ3) is 5.34. The third-order valence-corrected chi connectivity index (χ3v) is 3.72. The average molecular weight is 239 g/mol. The van der Waals surface area contributed by atoms with Crippen LogP contribution in [-0.4, -0.2) is 75.2 Å². The van der Waals surface area contributed by atoms with E-state index in [1.165, 1.54) is 78.3 Å². The summed E-state index contributed by atoms with van der Waals surface area (Å²) in [5.74, 6) is 0. The number of hydrogen-bond donors (Lipinski definition) is 2. The van der Waals surface area contributed by atoms with Crippen molar-refractivity contribution in [2.45, 2.75) is 12.8 Å². The molecule has 2 aliphatic heterocycles. The van der Waals surface area contributed by atoms with E-state index in [0.717, 1.165) is 0 Å². The highest BCUT2D eigenvalue weighted by atomic mass is 15.2. The van der Waals surface area contributed by atoms with E-state index in [0.29, 0.717) is 0 Å². The van der Waals surface area contributed by atoms with Gasteiger partial charge in [-0.05, 0) is 32.4 Å². The standard InChI is InChI=1S/C13H27N4/c1(2-8-16-10-4-14-5-11-16)3-9-17-12-6-15-7-13-17/h1,14-15H,2-13H2. The Labute approximate surface area is 106 Å². The monoisotopic (exact) mass is 239 g/mol. The first-order valence-electron chi connectivity index (χ1n) is 7.13. The van der Waals surface area contributed by atoms with Gasteiger partial charge in [0.05, 0.1) is 0 Å². The quantitative estimate of drug-likeness (QED) is 0.628. The lowest BCUT2D eigenvalue weighted by Crippen LogP contribution is -2.44. The molecule has 0 spiro atoms. The van der Waals surface area contributed by atoms with Crippen LogP contribution in [0.15, 0.2) is 0 Å². The Bertz CT molecular complexity index is 166. The highest BCUT2D eigenvalue weighted by Crippen LogP contribution is 2.02. The lowest BCUT2D eigenvalue weighted by molar-refractivity contribution is 0.233.